The number of ether oxygens (including phenoxy) is 1. The quantitative estimate of drug-likeness (QED) is 0.291. The van der Waals surface area contributed by atoms with E-state index in [2.05, 4.69) is 72.8 Å². The van der Waals surface area contributed by atoms with E-state index < -0.39 is 0 Å². The van der Waals surface area contributed by atoms with Gasteiger partial charge in [0.2, 0.25) is 0 Å². The second-order valence-corrected chi connectivity index (χ2v) is 10.1. The number of aromatic nitrogens is 2. The number of hydrogen-bond donors (Lipinski definition) is 1. The highest BCUT2D eigenvalue weighted by Gasteiger charge is 2.42. The van der Waals surface area contributed by atoms with Crippen LogP contribution in [0.4, 0.5) is 5.69 Å². The van der Waals surface area contributed by atoms with Gasteiger partial charge in [0.25, 0.3) is 0 Å². The molecule has 0 radical (unpaired) electrons. The Morgan fingerprint density at radius 1 is 0.972 bits per heavy atom. The second-order valence-electron chi connectivity index (χ2n) is 9.24. The number of aryl methyl sites for hydroxylation is 3. The van der Waals surface area contributed by atoms with Crippen molar-refractivity contribution >= 4 is 34.6 Å². The molecule has 2 atom stereocenters. The lowest BCUT2D eigenvalue weighted by atomic mass is 9.96. The summed E-state index contributed by atoms with van der Waals surface area (Å²) in [5.41, 5.74) is 8.73. The summed E-state index contributed by atoms with van der Waals surface area (Å²) in [4.78, 5) is 6.92. The molecule has 1 aliphatic heterocycles. The van der Waals surface area contributed by atoms with Gasteiger partial charge in [-0.1, -0.05) is 23.7 Å². The van der Waals surface area contributed by atoms with Crippen LogP contribution in [0.1, 0.15) is 45.9 Å². The summed E-state index contributed by atoms with van der Waals surface area (Å²) in [6, 6.07) is 20.2. The molecule has 3 heterocycles. The summed E-state index contributed by atoms with van der Waals surface area (Å²) in [6.07, 6.45) is 1.83. The van der Waals surface area contributed by atoms with Crippen molar-refractivity contribution in [1.82, 2.24) is 14.9 Å². The standard InChI is InChI=1S/C29H29ClN4OS/c1-17-9-11-22(14-18(17)2)34-28(27(32-29(34)36)24-8-6-7-13-31-24)23-15-19(3)33(20(23)4)25-16-21(30)10-12-26(25)35-5/h6-16,27-28H,1-5H3,(H,32,36). The van der Waals surface area contributed by atoms with Crippen molar-refractivity contribution in [2.24, 2.45) is 0 Å². The number of hydrogen-bond acceptors (Lipinski definition) is 3. The highest BCUT2D eigenvalue weighted by Crippen LogP contribution is 2.44. The minimum atomic E-state index is -0.115. The minimum Gasteiger partial charge on any atom is -0.495 e. The predicted octanol–water partition coefficient (Wildman–Crippen LogP) is 6.95. The van der Waals surface area contributed by atoms with Crippen LogP contribution < -0.4 is 15.0 Å². The van der Waals surface area contributed by atoms with Gasteiger partial charge in [-0.2, -0.15) is 0 Å². The highest BCUT2D eigenvalue weighted by molar-refractivity contribution is 7.80. The van der Waals surface area contributed by atoms with Crippen LogP contribution in [0.2, 0.25) is 5.02 Å². The first-order valence-electron chi connectivity index (χ1n) is 11.9. The van der Waals surface area contributed by atoms with E-state index in [-0.39, 0.29) is 12.1 Å². The molecule has 7 heteroatoms. The number of nitrogens with one attached hydrogen (secondary N) is 1. The Labute approximate surface area is 222 Å². The van der Waals surface area contributed by atoms with E-state index in [0.717, 1.165) is 39.8 Å². The third-order valence-electron chi connectivity index (χ3n) is 7.04. The van der Waals surface area contributed by atoms with E-state index in [4.69, 9.17) is 33.5 Å². The van der Waals surface area contributed by atoms with Crippen molar-refractivity contribution in [2.75, 3.05) is 12.0 Å². The summed E-state index contributed by atoms with van der Waals surface area (Å²) in [5.74, 6) is 0.764. The lowest BCUT2D eigenvalue weighted by Gasteiger charge is -2.28. The average Bonchev–Trinajstić information content (AvgIpc) is 3.36. The predicted molar refractivity (Wildman–Crippen MR) is 151 cm³/mol. The van der Waals surface area contributed by atoms with Crippen molar-refractivity contribution in [3.05, 3.63) is 106 Å². The van der Waals surface area contributed by atoms with Gasteiger partial charge in [0, 0.05) is 28.3 Å². The van der Waals surface area contributed by atoms with Crippen LogP contribution in [-0.2, 0) is 0 Å². The van der Waals surface area contributed by atoms with Gasteiger partial charge in [0.05, 0.1) is 30.6 Å². The third kappa shape index (κ3) is 4.14. The molecule has 1 N–H and O–H groups in total. The largest absolute Gasteiger partial charge is 0.495 e. The van der Waals surface area contributed by atoms with Crippen LogP contribution in [0.25, 0.3) is 5.69 Å². The zero-order chi connectivity index (χ0) is 25.6. The van der Waals surface area contributed by atoms with Gasteiger partial charge in [-0.15, -0.1) is 0 Å². The van der Waals surface area contributed by atoms with E-state index in [1.54, 1.807) is 7.11 Å². The maximum absolute atomic E-state index is 6.40. The van der Waals surface area contributed by atoms with Crippen molar-refractivity contribution in [1.29, 1.82) is 0 Å². The van der Waals surface area contributed by atoms with Crippen molar-refractivity contribution in [2.45, 2.75) is 39.8 Å². The fourth-order valence-corrected chi connectivity index (χ4v) is 5.63. The van der Waals surface area contributed by atoms with Crippen LogP contribution in [0, 0.1) is 27.7 Å². The highest BCUT2D eigenvalue weighted by atomic mass is 35.5. The topological polar surface area (TPSA) is 42.3 Å². The molecule has 0 bridgehead atoms. The lowest BCUT2D eigenvalue weighted by molar-refractivity contribution is 0.412. The number of methoxy groups -OCH3 is 1. The molecule has 5 rings (SSSR count). The lowest BCUT2D eigenvalue weighted by Crippen LogP contribution is -2.29. The van der Waals surface area contributed by atoms with E-state index >= 15 is 0 Å². The van der Waals surface area contributed by atoms with Crippen LogP contribution in [0.5, 0.6) is 5.75 Å². The third-order valence-corrected chi connectivity index (χ3v) is 7.59. The SMILES string of the molecule is COc1ccc(Cl)cc1-n1c(C)cc(C2C(c3ccccn3)NC(=S)N2c2ccc(C)c(C)c2)c1C. The number of halogens is 1. The summed E-state index contributed by atoms with van der Waals surface area (Å²) in [5, 5.41) is 4.91. The molecule has 36 heavy (non-hydrogen) atoms. The van der Waals surface area contributed by atoms with Gasteiger partial charge in [-0.3, -0.25) is 4.98 Å². The molecule has 0 spiro atoms. The Morgan fingerprint density at radius 2 is 1.78 bits per heavy atom. The Hall–Kier alpha value is -3.35. The van der Waals surface area contributed by atoms with Crippen LogP contribution >= 0.6 is 23.8 Å². The first-order valence-corrected chi connectivity index (χ1v) is 12.7. The number of anilines is 1. The van der Waals surface area contributed by atoms with E-state index in [1.165, 1.54) is 11.1 Å². The summed E-state index contributed by atoms with van der Waals surface area (Å²) >= 11 is 12.3. The molecule has 1 aliphatic rings. The zero-order valence-corrected chi connectivity index (χ0v) is 22.6. The Bertz CT molecular complexity index is 1450. The fraction of sp³-hybridized carbons (Fsp3) is 0.241. The first kappa shape index (κ1) is 24.3. The smallest absolute Gasteiger partial charge is 0.174 e. The monoisotopic (exact) mass is 516 g/mol. The average molecular weight is 517 g/mol. The normalized spacial score (nSPS) is 17.4. The van der Waals surface area contributed by atoms with Gasteiger partial charge < -0.3 is 19.5 Å². The molecule has 0 amide bonds. The number of pyridine rings is 1. The molecular weight excluding hydrogens is 488 g/mol. The Kier molecular flexibility index (Phi) is 6.49. The van der Waals surface area contributed by atoms with Gasteiger partial charge in [-0.25, -0.2) is 0 Å². The van der Waals surface area contributed by atoms with Gasteiger partial charge in [0.15, 0.2) is 5.11 Å². The van der Waals surface area contributed by atoms with Crippen molar-refractivity contribution in [3.8, 4) is 11.4 Å². The maximum Gasteiger partial charge on any atom is 0.174 e. The van der Waals surface area contributed by atoms with Crippen LogP contribution in [-0.4, -0.2) is 21.8 Å². The fourth-order valence-electron chi connectivity index (χ4n) is 5.12. The number of nitrogens with zero attached hydrogens (tertiary/aromatic N) is 3. The molecule has 0 aliphatic carbocycles. The molecule has 0 saturated carbocycles. The molecular formula is C29H29ClN4OS. The van der Waals surface area contributed by atoms with E-state index in [0.29, 0.717) is 10.1 Å². The van der Waals surface area contributed by atoms with E-state index in [9.17, 15) is 0 Å². The van der Waals surface area contributed by atoms with Crippen molar-refractivity contribution in [3.63, 3.8) is 0 Å². The van der Waals surface area contributed by atoms with E-state index in [1.807, 2.05) is 36.5 Å². The molecule has 1 fully saturated rings. The molecule has 2 aromatic heterocycles. The van der Waals surface area contributed by atoms with Gasteiger partial charge >= 0.3 is 0 Å². The number of rotatable bonds is 5. The Morgan fingerprint density at radius 3 is 2.47 bits per heavy atom. The van der Waals surface area contributed by atoms with Gasteiger partial charge in [-0.05, 0) is 105 Å². The molecule has 2 unspecified atom stereocenters. The summed E-state index contributed by atoms with van der Waals surface area (Å²) < 4.78 is 7.89. The maximum atomic E-state index is 6.40. The number of benzene rings is 2. The molecule has 4 aromatic rings. The Balaban J connectivity index is 1.71. The zero-order valence-electron chi connectivity index (χ0n) is 21.0. The molecule has 184 valence electrons. The minimum absolute atomic E-state index is 0.0976. The van der Waals surface area contributed by atoms with Crippen LogP contribution in [0.3, 0.4) is 0 Å². The first-order chi connectivity index (χ1) is 17.3. The summed E-state index contributed by atoms with van der Waals surface area (Å²) in [7, 11) is 1.68. The van der Waals surface area contributed by atoms with Crippen molar-refractivity contribution < 1.29 is 4.74 Å². The van der Waals surface area contributed by atoms with Gasteiger partial charge in [0.1, 0.15) is 5.75 Å². The molecule has 1 saturated heterocycles. The number of thiocarbonyl (C=S) groups is 1. The molecule has 2 aromatic carbocycles. The second kappa shape index (κ2) is 9.60. The molecule has 5 nitrogen and oxygen atoms in total. The van der Waals surface area contributed by atoms with Crippen LogP contribution in [0.15, 0.2) is 66.9 Å². The summed E-state index contributed by atoms with van der Waals surface area (Å²) in [6.45, 7) is 8.50.